The van der Waals surface area contributed by atoms with Crippen LogP contribution in [0, 0.1) is 26.2 Å². The van der Waals surface area contributed by atoms with Gasteiger partial charge in [-0.15, -0.1) is 0 Å². The van der Waals surface area contributed by atoms with Crippen LogP contribution in [0.3, 0.4) is 0 Å². The average molecular weight is 327 g/mol. The first-order chi connectivity index (χ1) is 12.1. The van der Waals surface area contributed by atoms with Crippen molar-refractivity contribution < 1.29 is 0 Å². The Morgan fingerprint density at radius 1 is 0.760 bits per heavy atom. The van der Waals surface area contributed by atoms with Gasteiger partial charge in [-0.3, -0.25) is 4.98 Å². The summed E-state index contributed by atoms with van der Waals surface area (Å²) in [5.74, 6) is 0. The molecule has 0 spiro atoms. The quantitative estimate of drug-likeness (QED) is 0.376. The first-order valence-electron chi connectivity index (χ1n) is 8.27. The number of aromatic nitrogens is 2. The molecule has 2 heterocycles. The van der Waals surface area contributed by atoms with Gasteiger partial charge in [-0.1, -0.05) is 59.2 Å². The first-order valence-corrected chi connectivity index (χ1v) is 8.27. The zero-order valence-electron chi connectivity index (χ0n) is 14.7. The van der Waals surface area contributed by atoms with E-state index in [4.69, 9.17) is 5.41 Å². The summed E-state index contributed by atoms with van der Waals surface area (Å²) in [4.78, 5) is 8.76. The summed E-state index contributed by atoms with van der Waals surface area (Å²) < 4.78 is 0. The van der Waals surface area contributed by atoms with E-state index >= 15 is 0 Å². The number of rotatable bonds is 1. The van der Waals surface area contributed by atoms with Gasteiger partial charge >= 0.3 is 0 Å². The summed E-state index contributed by atoms with van der Waals surface area (Å²) in [6, 6.07) is 18.4. The molecule has 0 amide bonds. The van der Waals surface area contributed by atoms with Crippen LogP contribution in [-0.4, -0.2) is 16.2 Å². The molecule has 25 heavy (non-hydrogen) atoms. The van der Waals surface area contributed by atoms with E-state index in [9.17, 15) is 0 Å². The lowest BCUT2D eigenvalue weighted by Crippen LogP contribution is -1.89. The SMILES string of the molecule is Cc1cc(C)cc(C)c1.N=Cc1ccc2ccc3cccnc3c2n1. The second-order valence-corrected chi connectivity index (χ2v) is 6.26. The van der Waals surface area contributed by atoms with Crippen LogP contribution in [0.4, 0.5) is 0 Å². The van der Waals surface area contributed by atoms with Crippen molar-refractivity contribution >= 4 is 28.0 Å². The molecule has 0 saturated carbocycles. The highest BCUT2D eigenvalue weighted by atomic mass is 14.8. The van der Waals surface area contributed by atoms with Gasteiger partial charge < -0.3 is 5.41 Å². The van der Waals surface area contributed by atoms with Gasteiger partial charge in [0.1, 0.15) is 0 Å². The molecule has 3 heteroatoms. The number of nitrogens with zero attached hydrogens (tertiary/aromatic N) is 2. The minimum atomic E-state index is 0.658. The highest BCUT2D eigenvalue weighted by Crippen LogP contribution is 2.21. The Kier molecular flexibility index (Phi) is 4.85. The maximum absolute atomic E-state index is 7.22. The molecule has 3 nitrogen and oxygen atoms in total. The van der Waals surface area contributed by atoms with Gasteiger partial charge in [-0.25, -0.2) is 4.98 Å². The van der Waals surface area contributed by atoms with Crippen molar-refractivity contribution in [2.24, 2.45) is 0 Å². The molecule has 0 atom stereocenters. The smallest absolute Gasteiger partial charge is 0.0972 e. The van der Waals surface area contributed by atoms with Gasteiger partial charge in [-0.2, -0.15) is 0 Å². The fraction of sp³-hybridized carbons (Fsp3) is 0.136. The van der Waals surface area contributed by atoms with E-state index in [-0.39, 0.29) is 0 Å². The minimum absolute atomic E-state index is 0.658. The largest absolute Gasteiger partial charge is 0.307 e. The van der Waals surface area contributed by atoms with E-state index in [0.29, 0.717) is 5.69 Å². The molecule has 124 valence electrons. The standard InChI is InChI=1S/C13H9N3.C9H12/c14-8-11-6-5-10-4-3-9-2-1-7-15-12(9)13(10)16-11;1-7-4-8(2)6-9(3)5-7/h1-8,14H;4-6H,1-3H3. The van der Waals surface area contributed by atoms with Crippen LogP contribution >= 0.6 is 0 Å². The van der Waals surface area contributed by atoms with E-state index < -0.39 is 0 Å². The molecular formula is C22H21N3. The predicted molar refractivity (Wildman–Crippen MR) is 106 cm³/mol. The van der Waals surface area contributed by atoms with Crippen molar-refractivity contribution in [3.8, 4) is 0 Å². The molecule has 2 aromatic carbocycles. The van der Waals surface area contributed by atoms with Gasteiger partial charge in [0, 0.05) is 23.2 Å². The van der Waals surface area contributed by atoms with Crippen LogP contribution in [-0.2, 0) is 0 Å². The van der Waals surface area contributed by atoms with Crippen LogP contribution in [0.15, 0.2) is 60.8 Å². The molecular weight excluding hydrogens is 306 g/mol. The number of aryl methyl sites for hydroxylation is 3. The molecule has 2 aromatic heterocycles. The lowest BCUT2D eigenvalue weighted by molar-refractivity contribution is 1.32. The van der Waals surface area contributed by atoms with E-state index in [1.54, 1.807) is 6.20 Å². The van der Waals surface area contributed by atoms with E-state index in [2.05, 4.69) is 48.9 Å². The summed E-state index contributed by atoms with van der Waals surface area (Å²) in [6.45, 7) is 6.38. The molecule has 0 aliphatic rings. The van der Waals surface area contributed by atoms with Gasteiger partial charge in [0.15, 0.2) is 0 Å². The third-order valence-electron chi connectivity index (χ3n) is 3.97. The van der Waals surface area contributed by atoms with Crippen molar-refractivity contribution in [3.63, 3.8) is 0 Å². The molecule has 0 aliphatic carbocycles. The van der Waals surface area contributed by atoms with Crippen LogP contribution in [0.5, 0.6) is 0 Å². The summed E-state index contributed by atoms with van der Waals surface area (Å²) in [6.07, 6.45) is 3.02. The Balaban J connectivity index is 0.000000173. The third kappa shape index (κ3) is 3.89. The topological polar surface area (TPSA) is 49.6 Å². The second-order valence-electron chi connectivity index (χ2n) is 6.26. The molecule has 1 N–H and O–H groups in total. The normalized spacial score (nSPS) is 10.4. The second kappa shape index (κ2) is 7.22. The molecule has 0 radical (unpaired) electrons. The predicted octanol–water partition coefficient (Wildman–Crippen LogP) is 5.39. The molecule has 0 aliphatic heterocycles. The molecule has 0 saturated heterocycles. The summed E-state index contributed by atoms with van der Waals surface area (Å²) >= 11 is 0. The number of hydrogen-bond donors (Lipinski definition) is 1. The van der Waals surface area contributed by atoms with Crippen molar-refractivity contribution in [1.29, 1.82) is 5.41 Å². The monoisotopic (exact) mass is 327 g/mol. The minimum Gasteiger partial charge on any atom is -0.307 e. The molecule has 4 aromatic rings. The van der Waals surface area contributed by atoms with Crippen LogP contribution in [0.1, 0.15) is 22.4 Å². The molecule has 0 bridgehead atoms. The number of hydrogen-bond acceptors (Lipinski definition) is 3. The van der Waals surface area contributed by atoms with Crippen molar-refractivity contribution in [2.75, 3.05) is 0 Å². The zero-order valence-corrected chi connectivity index (χ0v) is 14.7. The Morgan fingerprint density at radius 3 is 1.92 bits per heavy atom. The number of pyridine rings is 2. The molecule has 4 rings (SSSR count). The first kappa shape index (κ1) is 16.8. The van der Waals surface area contributed by atoms with E-state index in [0.717, 1.165) is 21.8 Å². The lowest BCUT2D eigenvalue weighted by Gasteiger charge is -2.02. The van der Waals surface area contributed by atoms with Crippen molar-refractivity contribution in [3.05, 3.63) is 83.2 Å². The number of nitrogens with one attached hydrogen (secondary N) is 1. The highest BCUT2D eigenvalue weighted by molar-refractivity contribution is 6.03. The van der Waals surface area contributed by atoms with Crippen LogP contribution in [0.25, 0.3) is 21.8 Å². The van der Waals surface area contributed by atoms with Crippen LogP contribution < -0.4 is 0 Å². The fourth-order valence-electron chi connectivity index (χ4n) is 3.02. The Hall–Kier alpha value is -3.07. The summed E-state index contributed by atoms with van der Waals surface area (Å²) in [5.41, 5.74) is 6.47. The van der Waals surface area contributed by atoms with Gasteiger partial charge in [0.2, 0.25) is 0 Å². The lowest BCUT2D eigenvalue weighted by atomic mass is 10.1. The van der Waals surface area contributed by atoms with Crippen LogP contribution in [0.2, 0.25) is 0 Å². The van der Waals surface area contributed by atoms with Gasteiger partial charge in [-0.05, 0) is 32.9 Å². The molecule has 0 fully saturated rings. The maximum atomic E-state index is 7.22. The van der Waals surface area contributed by atoms with E-state index in [1.165, 1.54) is 22.9 Å². The van der Waals surface area contributed by atoms with Crippen molar-refractivity contribution in [2.45, 2.75) is 20.8 Å². The van der Waals surface area contributed by atoms with Crippen molar-refractivity contribution in [1.82, 2.24) is 9.97 Å². The third-order valence-corrected chi connectivity index (χ3v) is 3.97. The number of benzene rings is 2. The average Bonchev–Trinajstić information content (AvgIpc) is 2.60. The van der Waals surface area contributed by atoms with Gasteiger partial charge in [0.25, 0.3) is 0 Å². The number of fused-ring (bicyclic) bond motifs is 3. The Bertz CT molecular complexity index is 1000. The summed E-state index contributed by atoms with van der Waals surface area (Å²) in [5, 5.41) is 9.35. The van der Waals surface area contributed by atoms with E-state index in [1.807, 2.05) is 36.4 Å². The Labute approximate surface area is 147 Å². The Morgan fingerprint density at radius 2 is 1.32 bits per heavy atom. The maximum Gasteiger partial charge on any atom is 0.0972 e. The zero-order chi connectivity index (χ0) is 17.8. The molecule has 0 unspecified atom stereocenters. The van der Waals surface area contributed by atoms with Gasteiger partial charge in [0.05, 0.1) is 16.7 Å². The highest BCUT2D eigenvalue weighted by Gasteiger charge is 2.02. The summed E-state index contributed by atoms with van der Waals surface area (Å²) in [7, 11) is 0. The fourth-order valence-corrected chi connectivity index (χ4v) is 3.02.